The third-order valence-corrected chi connectivity index (χ3v) is 4.86. The Hall–Kier alpha value is -2.04. The second kappa shape index (κ2) is 8.18. The third kappa shape index (κ3) is 4.98. The maximum Gasteiger partial charge on any atom is 0.227 e. The molecule has 2 saturated carbocycles. The minimum atomic E-state index is 0.166. The van der Waals surface area contributed by atoms with E-state index in [1.54, 1.807) is 7.05 Å². The lowest BCUT2D eigenvalue weighted by atomic mass is 10.1. The van der Waals surface area contributed by atoms with E-state index >= 15 is 0 Å². The highest BCUT2D eigenvalue weighted by atomic mass is 16.1. The Kier molecular flexibility index (Phi) is 5.72. The Morgan fingerprint density at radius 3 is 2.67 bits per heavy atom. The molecule has 130 valence electrons. The van der Waals surface area contributed by atoms with Crippen LogP contribution < -0.4 is 16.0 Å². The number of carbonyl (C=O) groups excluding carboxylic acids is 1. The van der Waals surface area contributed by atoms with E-state index in [2.05, 4.69) is 27.0 Å². The van der Waals surface area contributed by atoms with Gasteiger partial charge in [-0.15, -0.1) is 0 Å². The molecule has 0 aromatic heterocycles. The molecule has 2 fully saturated rings. The topological polar surface area (TPSA) is 65.5 Å². The van der Waals surface area contributed by atoms with Crippen molar-refractivity contribution in [2.45, 2.75) is 45.1 Å². The summed E-state index contributed by atoms with van der Waals surface area (Å²) in [5, 5.41) is 9.75. The van der Waals surface area contributed by atoms with Gasteiger partial charge in [0.15, 0.2) is 5.96 Å². The Balaban J connectivity index is 1.49. The SMILES string of the molecule is CN=C(NCc1cccc(NC(=O)C2CCCC2)c1)NCC1CC1. The zero-order chi connectivity index (χ0) is 16.8. The number of guanidine groups is 1. The van der Waals surface area contributed by atoms with Crippen molar-refractivity contribution in [2.75, 3.05) is 18.9 Å². The Labute approximate surface area is 144 Å². The molecule has 0 bridgehead atoms. The number of benzene rings is 1. The van der Waals surface area contributed by atoms with Crippen molar-refractivity contribution in [3.05, 3.63) is 29.8 Å². The number of aliphatic imine (C=N–C) groups is 1. The fraction of sp³-hybridized carbons (Fsp3) is 0.579. The van der Waals surface area contributed by atoms with Gasteiger partial charge in [-0.25, -0.2) is 0 Å². The summed E-state index contributed by atoms with van der Waals surface area (Å²) in [5.41, 5.74) is 2.01. The minimum Gasteiger partial charge on any atom is -0.356 e. The van der Waals surface area contributed by atoms with Crippen LogP contribution in [-0.4, -0.2) is 25.5 Å². The van der Waals surface area contributed by atoms with Crippen molar-refractivity contribution in [1.29, 1.82) is 0 Å². The normalized spacial score (nSPS) is 18.5. The van der Waals surface area contributed by atoms with E-state index in [0.29, 0.717) is 6.54 Å². The number of hydrogen-bond donors (Lipinski definition) is 3. The van der Waals surface area contributed by atoms with E-state index in [-0.39, 0.29) is 11.8 Å². The summed E-state index contributed by atoms with van der Waals surface area (Å²) in [7, 11) is 1.79. The van der Waals surface area contributed by atoms with Gasteiger partial charge in [0, 0.05) is 31.7 Å². The lowest BCUT2D eigenvalue weighted by Crippen LogP contribution is -2.37. The van der Waals surface area contributed by atoms with E-state index in [4.69, 9.17) is 0 Å². The first kappa shape index (κ1) is 16.8. The van der Waals surface area contributed by atoms with Crippen molar-refractivity contribution in [3.63, 3.8) is 0 Å². The molecule has 24 heavy (non-hydrogen) atoms. The highest BCUT2D eigenvalue weighted by Gasteiger charge is 2.22. The third-order valence-electron chi connectivity index (χ3n) is 4.86. The molecular weight excluding hydrogens is 300 g/mol. The van der Waals surface area contributed by atoms with E-state index in [0.717, 1.165) is 42.5 Å². The quantitative estimate of drug-likeness (QED) is 0.556. The van der Waals surface area contributed by atoms with Gasteiger partial charge in [0.05, 0.1) is 0 Å². The van der Waals surface area contributed by atoms with Crippen molar-refractivity contribution in [1.82, 2.24) is 10.6 Å². The molecule has 3 N–H and O–H groups in total. The Morgan fingerprint density at radius 2 is 1.96 bits per heavy atom. The van der Waals surface area contributed by atoms with Gasteiger partial charge >= 0.3 is 0 Å². The average Bonchev–Trinajstić information content (AvgIpc) is 3.25. The van der Waals surface area contributed by atoms with Crippen LogP contribution in [0.4, 0.5) is 5.69 Å². The number of hydrogen-bond acceptors (Lipinski definition) is 2. The van der Waals surface area contributed by atoms with Crippen LogP contribution in [0.2, 0.25) is 0 Å². The van der Waals surface area contributed by atoms with Crippen LogP contribution in [0.3, 0.4) is 0 Å². The van der Waals surface area contributed by atoms with Gasteiger partial charge in [0.25, 0.3) is 0 Å². The van der Waals surface area contributed by atoms with E-state index < -0.39 is 0 Å². The predicted molar refractivity (Wildman–Crippen MR) is 98.0 cm³/mol. The smallest absolute Gasteiger partial charge is 0.227 e. The summed E-state index contributed by atoms with van der Waals surface area (Å²) in [6.07, 6.45) is 7.05. The molecule has 2 aliphatic rings. The molecule has 1 aromatic carbocycles. The van der Waals surface area contributed by atoms with Crippen molar-refractivity contribution >= 4 is 17.6 Å². The molecular formula is C19H28N4O. The number of rotatable bonds is 6. The zero-order valence-electron chi connectivity index (χ0n) is 14.5. The monoisotopic (exact) mass is 328 g/mol. The Bertz CT molecular complexity index is 589. The zero-order valence-corrected chi connectivity index (χ0v) is 14.5. The molecule has 3 rings (SSSR count). The highest BCUT2D eigenvalue weighted by molar-refractivity contribution is 5.92. The highest BCUT2D eigenvalue weighted by Crippen LogP contribution is 2.27. The van der Waals surface area contributed by atoms with Gasteiger partial charge in [-0.2, -0.15) is 0 Å². The summed E-state index contributed by atoms with van der Waals surface area (Å²) >= 11 is 0. The lowest BCUT2D eigenvalue weighted by molar-refractivity contribution is -0.119. The molecule has 0 spiro atoms. The van der Waals surface area contributed by atoms with Crippen LogP contribution >= 0.6 is 0 Å². The molecule has 0 atom stereocenters. The molecule has 1 amide bonds. The summed E-state index contributed by atoms with van der Waals surface area (Å²) in [4.78, 5) is 16.5. The van der Waals surface area contributed by atoms with Crippen molar-refractivity contribution in [3.8, 4) is 0 Å². The molecule has 5 heteroatoms. The summed E-state index contributed by atoms with van der Waals surface area (Å²) in [6.45, 7) is 1.69. The lowest BCUT2D eigenvalue weighted by Gasteiger charge is -2.13. The van der Waals surface area contributed by atoms with Crippen LogP contribution in [0.15, 0.2) is 29.3 Å². The van der Waals surface area contributed by atoms with E-state index in [9.17, 15) is 4.79 Å². The molecule has 1 aromatic rings. The van der Waals surface area contributed by atoms with Gasteiger partial charge in [-0.05, 0) is 49.3 Å². The first-order valence-corrected chi connectivity index (χ1v) is 9.09. The molecule has 5 nitrogen and oxygen atoms in total. The summed E-state index contributed by atoms with van der Waals surface area (Å²) in [6, 6.07) is 8.04. The first-order chi connectivity index (χ1) is 11.7. The molecule has 0 heterocycles. The maximum absolute atomic E-state index is 12.2. The summed E-state index contributed by atoms with van der Waals surface area (Å²) in [5.74, 6) is 2.01. The van der Waals surface area contributed by atoms with Gasteiger partial charge in [0.2, 0.25) is 5.91 Å². The van der Waals surface area contributed by atoms with Crippen molar-refractivity contribution < 1.29 is 4.79 Å². The molecule has 0 aliphatic heterocycles. The second-order valence-corrected chi connectivity index (χ2v) is 6.92. The van der Waals surface area contributed by atoms with E-state index in [1.807, 2.05) is 18.2 Å². The fourth-order valence-corrected chi connectivity index (χ4v) is 3.16. The van der Waals surface area contributed by atoms with Crippen LogP contribution in [0.25, 0.3) is 0 Å². The van der Waals surface area contributed by atoms with Crippen molar-refractivity contribution in [2.24, 2.45) is 16.8 Å². The number of amides is 1. The summed E-state index contributed by atoms with van der Waals surface area (Å²) < 4.78 is 0. The predicted octanol–water partition coefficient (Wildman–Crippen LogP) is 2.89. The van der Waals surface area contributed by atoms with Crippen LogP contribution in [-0.2, 0) is 11.3 Å². The maximum atomic E-state index is 12.2. The van der Waals surface area contributed by atoms with Crippen LogP contribution in [0.1, 0.15) is 44.1 Å². The number of nitrogens with zero attached hydrogens (tertiary/aromatic N) is 1. The molecule has 0 saturated heterocycles. The fourth-order valence-electron chi connectivity index (χ4n) is 3.16. The number of carbonyl (C=O) groups is 1. The minimum absolute atomic E-state index is 0.166. The average molecular weight is 328 g/mol. The molecule has 0 radical (unpaired) electrons. The van der Waals surface area contributed by atoms with Crippen LogP contribution in [0, 0.1) is 11.8 Å². The number of nitrogens with one attached hydrogen (secondary N) is 3. The molecule has 2 aliphatic carbocycles. The standard InChI is InChI=1S/C19H28N4O/c1-20-19(21-12-14-9-10-14)22-13-15-5-4-8-17(11-15)23-18(24)16-6-2-3-7-16/h4-5,8,11,14,16H,2-3,6-7,9-10,12-13H2,1H3,(H,23,24)(H2,20,21,22). The molecule has 0 unspecified atom stereocenters. The number of anilines is 1. The van der Waals surface area contributed by atoms with Crippen LogP contribution in [0.5, 0.6) is 0 Å². The van der Waals surface area contributed by atoms with Gasteiger partial charge < -0.3 is 16.0 Å². The van der Waals surface area contributed by atoms with E-state index in [1.165, 1.54) is 25.7 Å². The van der Waals surface area contributed by atoms with Gasteiger partial charge in [0.1, 0.15) is 0 Å². The second-order valence-electron chi connectivity index (χ2n) is 6.92. The Morgan fingerprint density at radius 1 is 1.17 bits per heavy atom. The first-order valence-electron chi connectivity index (χ1n) is 9.09. The van der Waals surface area contributed by atoms with Gasteiger partial charge in [-0.3, -0.25) is 9.79 Å². The largest absolute Gasteiger partial charge is 0.356 e. The van der Waals surface area contributed by atoms with Gasteiger partial charge in [-0.1, -0.05) is 25.0 Å².